The van der Waals surface area contributed by atoms with Crippen molar-refractivity contribution < 1.29 is 13.6 Å². The summed E-state index contributed by atoms with van der Waals surface area (Å²) in [5.41, 5.74) is 1.54. The lowest BCUT2D eigenvalue weighted by Gasteiger charge is -2.39. The highest BCUT2D eigenvalue weighted by Crippen LogP contribution is 2.66. The summed E-state index contributed by atoms with van der Waals surface area (Å²) in [6.07, 6.45) is 0.797. The minimum Gasteiger partial charge on any atom is -0.300 e. The minimum atomic E-state index is -0.852. The Morgan fingerprint density at radius 1 is 0.704 bits per heavy atom. The second-order valence-corrected chi connectivity index (χ2v) is 9.41. The highest BCUT2D eigenvalue weighted by molar-refractivity contribution is 7.66. The van der Waals surface area contributed by atoms with Crippen molar-refractivity contribution in [2.45, 2.75) is 24.2 Å². The van der Waals surface area contributed by atoms with Crippen LogP contribution in [0.1, 0.15) is 35.3 Å². The molecule has 27 heavy (non-hydrogen) atoms. The summed E-state index contributed by atoms with van der Waals surface area (Å²) in [6, 6.07) is 23.2. The Morgan fingerprint density at radius 2 is 1.22 bits per heavy atom. The first-order chi connectivity index (χ1) is 13.1. The van der Waals surface area contributed by atoms with Gasteiger partial charge in [-0.25, -0.2) is 8.78 Å². The molecule has 1 fully saturated rings. The fourth-order valence-electron chi connectivity index (χ4n) is 3.87. The van der Waals surface area contributed by atoms with Gasteiger partial charge in [0.25, 0.3) is 0 Å². The summed E-state index contributed by atoms with van der Waals surface area (Å²) >= 11 is 0. The second kappa shape index (κ2) is 7.70. The fourth-order valence-corrected chi connectivity index (χ4v) is 7.31. The van der Waals surface area contributed by atoms with Crippen LogP contribution in [0, 0.1) is 11.6 Å². The smallest absolute Gasteiger partial charge is 0.134 e. The molecule has 1 saturated heterocycles. The zero-order valence-corrected chi connectivity index (χ0v) is 15.6. The lowest BCUT2D eigenvalue weighted by molar-refractivity contribution is -0.119. The number of rotatable bonds is 3. The Labute approximate surface area is 158 Å². The molecule has 1 unspecified atom stereocenters. The maximum Gasteiger partial charge on any atom is 0.134 e. The molecule has 1 aliphatic heterocycles. The number of carbonyl (C=O) groups is 1. The van der Waals surface area contributed by atoms with Gasteiger partial charge in [0.15, 0.2) is 0 Å². The third-order valence-corrected chi connectivity index (χ3v) is 8.23. The van der Waals surface area contributed by atoms with Gasteiger partial charge in [-0.2, -0.15) is 0 Å². The summed E-state index contributed by atoms with van der Waals surface area (Å²) in [6.45, 7) is 0. The monoisotopic (exact) mass is 380 g/mol. The Bertz CT molecular complexity index is 900. The van der Waals surface area contributed by atoms with E-state index >= 15 is 0 Å². The normalized spacial score (nSPS) is 22.6. The topological polar surface area (TPSA) is 17.1 Å². The molecule has 3 atom stereocenters. The van der Waals surface area contributed by atoms with Crippen molar-refractivity contribution in [3.8, 4) is 0 Å². The molecule has 0 bridgehead atoms. The molecule has 1 aliphatic rings. The SMILES string of the molecule is O=C1C[C@H](c2cccc(F)c2)P(c2ccccc2)[C@H](c2cccc(F)c2)C1. The zero-order chi connectivity index (χ0) is 18.8. The van der Waals surface area contributed by atoms with E-state index in [0.717, 1.165) is 16.4 Å². The molecule has 3 aromatic rings. The lowest BCUT2D eigenvalue weighted by Crippen LogP contribution is -2.23. The van der Waals surface area contributed by atoms with E-state index in [2.05, 4.69) is 12.1 Å². The predicted molar refractivity (Wildman–Crippen MR) is 106 cm³/mol. The van der Waals surface area contributed by atoms with Crippen LogP contribution in [0.15, 0.2) is 78.9 Å². The van der Waals surface area contributed by atoms with Crippen LogP contribution in [0.5, 0.6) is 0 Å². The van der Waals surface area contributed by atoms with Crippen LogP contribution >= 0.6 is 7.92 Å². The number of benzene rings is 3. The van der Waals surface area contributed by atoms with Crippen LogP contribution in [-0.4, -0.2) is 5.78 Å². The van der Waals surface area contributed by atoms with Gasteiger partial charge in [-0.3, -0.25) is 4.79 Å². The van der Waals surface area contributed by atoms with Crippen molar-refractivity contribution in [2.75, 3.05) is 0 Å². The highest BCUT2D eigenvalue weighted by Gasteiger charge is 2.39. The first-order valence-electron chi connectivity index (χ1n) is 8.98. The van der Waals surface area contributed by atoms with Gasteiger partial charge in [-0.1, -0.05) is 62.5 Å². The Morgan fingerprint density at radius 3 is 1.70 bits per heavy atom. The highest BCUT2D eigenvalue weighted by atomic mass is 31.1. The number of hydrogen-bond acceptors (Lipinski definition) is 1. The van der Waals surface area contributed by atoms with E-state index in [1.807, 2.05) is 30.3 Å². The average molecular weight is 380 g/mol. The summed E-state index contributed by atoms with van der Waals surface area (Å²) in [5.74, 6) is -0.445. The molecule has 136 valence electrons. The van der Waals surface area contributed by atoms with Crippen LogP contribution in [0.3, 0.4) is 0 Å². The summed E-state index contributed by atoms with van der Waals surface area (Å²) < 4.78 is 27.8. The number of Topliss-reactive ketones (excluding diaryl/α,β-unsaturated/α-hetero) is 1. The number of ketones is 1. The largest absolute Gasteiger partial charge is 0.300 e. The van der Waals surface area contributed by atoms with E-state index in [1.54, 1.807) is 12.1 Å². The van der Waals surface area contributed by atoms with Crippen molar-refractivity contribution in [2.24, 2.45) is 0 Å². The average Bonchev–Trinajstić information content (AvgIpc) is 2.68. The molecular formula is C23H19F2OP. The first-order valence-corrected chi connectivity index (χ1v) is 10.5. The van der Waals surface area contributed by atoms with E-state index in [-0.39, 0.29) is 28.7 Å². The molecule has 0 N–H and O–H groups in total. The summed E-state index contributed by atoms with van der Waals surface area (Å²) in [7, 11) is -0.852. The molecule has 0 aromatic heterocycles. The summed E-state index contributed by atoms with van der Waals surface area (Å²) in [5, 5.41) is 1.16. The molecule has 0 spiro atoms. The van der Waals surface area contributed by atoms with E-state index in [9.17, 15) is 13.6 Å². The standard InChI is InChI=1S/C23H19F2OP/c24-18-8-4-6-16(12-18)22-14-20(26)15-23(17-7-5-9-19(25)13-17)27(22)21-10-2-1-3-11-21/h1-13,22-23H,14-15H2/t22-,23+,27?. The molecule has 3 aromatic carbocycles. The third-order valence-electron chi connectivity index (χ3n) is 5.03. The van der Waals surface area contributed by atoms with Crippen molar-refractivity contribution in [3.05, 3.63) is 102 Å². The van der Waals surface area contributed by atoms with Crippen LogP contribution in [0.25, 0.3) is 0 Å². The molecule has 0 aliphatic carbocycles. The van der Waals surface area contributed by atoms with Gasteiger partial charge in [0.2, 0.25) is 0 Å². The number of hydrogen-bond donors (Lipinski definition) is 0. The van der Waals surface area contributed by atoms with Crippen molar-refractivity contribution in [3.63, 3.8) is 0 Å². The lowest BCUT2D eigenvalue weighted by atomic mass is 10.00. The number of carbonyl (C=O) groups excluding carboxylic acids is 1. The van der Waals surface area contributed by atoms with Gasteiger partial charge in [0.05, 0.1) is 0 Å². The van der Waals surface area contributed by atoms with E-state index in [4.69, 9.17) is 0 Å². The van der Waals surface area contributed by atoms with Crippen LogP contribution in [0.2, 0.25) is 0 Å². The molecular weight excluding hydrogens is 361 g/mol. The predicted octanol–water partition coefficient (Wildman–Crippen LogP) is 5.92. The molecule has 1 heterocycles. The molecule has 4 heteroatoms. The summed E-state index contributed by atoms with van der Waals surface area (Å²) in [4.78, 5) is 12.6. The van der Waals surface area contributed by atoms with Gasteiger partial charge in [0, 0.05) is 24.2 Å². The molecule has 1 nitrogen and oxygen atoms in total. The Balaban J connectivity index is 1.85. The maximum atomic E-state index is 13.9. The molecule has 0 saturated carbocycles. The van der Waals surface area contributed by atoms with Gasteiger partial charge >= 0.3 is 0 Å². The molecule has 0 amide bonds. The second-order valence-electron chi connectivity index (χ2n) is 6.83. The third kappa shape index (κ3) is 3.84. The molecule has 4 rings (SSSR count). The zero-order valence-electron chi connectivity index (χ0n) is 14.7. The van der Waals surface area contributed by atoms with Gasteiger partial charge in [-0.05, 0) is 40.7 Å². The van der Waals surface area contributed by atoms with Gasteiger partial charge in [0.1, 0.15) is 17.4 Å². The van der Waals surface area contributed by atoms with Crippen molar-refractivity contribution in [1.29, 1.82) is 0 Å². The number of halogens is 2. The maximum absolute atomic E-state index is 13.9. The first kappa shape index (κ1) is 18.0. The van der Waals surface area contributed by atoms with Gasteiger partial charge in [-0.15, -0.1) is 0 Å². The Hall–Kier alpha value is -2.38. The van der Waals surface area contributed by atoms with E-state index in [1.165, 1.54) is 24.3 Å². The fraction of sp³-hybridized carbons (Fsp3) is 0.174. The van der Waals surface area contributed by atoms with Crippen LogP contribution in [0.4, 0.5) is 8.78 Å². The van der Waals surface area contributed by atoms with Gasteiger partial charge < -0.3 is 0 Å². The van der Waals surface area contributed by atoms with Crippen LogP contribution in [-0.2, 0) is 4.79 Å². The van der Waals surface area contributed by atoms with Crippen molar-refractivity contribution >= 4 is 19.0 Å². The van der Waals surface area contributed by atoms with Crippen LogP contribution < -0.4 is 5.30 Å². The quantitative estimate of drug-likeness (QED) is 0.516. The minimum absolute atomic E-state index is 0.0763. The van der Waals surface area contributed by atoms with E-state index in [0.29, 0.717) is 12.8 Å². The molecule has 0 radical (unpaired) electrons. The van der Waals surface area contributed by atoms with E-state index < -0.39 is 7.92 Å². The van der Waals surface area contributed by atoms with Crippen molar-refractivity contribution in [1.82, 2.24) is 0 Å². The Kier molecular flexibility index (Phi) is 5.13.